The number of thiophene rings is 1. The fourth-order valence-electron chi connectivity index (χ4n) is 6.49. The van der Waals surface area contributed by atoms with Crippen molar-refractivity contribution in [2.45, 2.75) is 69.4 Å². The number of aliphatic hydroxyl groups is 1. The van der Waals surface area contributed by atoms with Gasteiger partial charge in [-0.2, -0.15) is 0 Å². The number of benzene rings is 1. The van der Waals surface area contributed by atoms with Gasteiger partial charge in [-0.3, -0.25) is 9.69 Å². The maximum absolute atomic E-state index is 13.4. The van der Waals surface area contributed by atoms with Crippen molar-refractivity contribution in [2.75, 3.05) is 32.6 Å². The zero-order valence-corrected chi connectivity index (χ0v) is 22.0. The number of carbonyl (C=O) groups excluding carboxylic acids is 2. The number of piperidine rings is 1. The van der Waals surface area contributed by atoms with E-state index >= 15 is 0 Å². The molecule has 3 atom stereocenters. The molecule has 1 saturated heterocycles. The molecular weight excluding hydrogens is 476 g/mol. The first-order chi connectivity index (χ1) is 17.4. The highest BCUT2D eigenvalue weighted by Gasteiger charge is 2.49. The maximum Gasteiger partial charge on any atom is 0.341 e. The molecule has 1 saturated carbocycles. The number of amides is 1. The Morgan fingerprint density at radius 2 is 1.89 bits per heavy atom. The van der Waals surface area contributed by atoms with Gasteiger partial charge in [-0.05, 0) is 68.2 Å². The van der Waals surface area contributed by atoms with Crippen molar-refractivity contribution in [1.29, 1.82) is 0 Å². The van der Waals surface area contributed by atoms with Crippen LogP contribution in [0.5, 0.6) is 5.75 Å². The number of carbonyl (C=O) groups is 2. The third-order valence-corrected chi connectivity index (χ3v) is 9.50. The van der Waals surface area contributed by atoms with E-state index in [1.165, 1.54) is 23.3 Å². The first-order valence-electron chi connectivity index (χ1n) is 13.1. The van der Waals surface area contributed by atoms with Crippen LogP contribution in [0.1, 0.15) is 77.3 Å². The third-order valence-electron chi connectivity index (χ3n) is 8.29. The Balaban J connectivity index is 1.40. The van der Waals surface area contributed by atoms with Gasteiger partial charge in [-0.25, -0.2) is 4.79 Å². The van der Waals surface area contributed by atoms with Gasteiger partial charge in [0.2, 0.25) is 5.91 Å². The molecule has 2 N–H and O–H groups in total. The first-order valence-corrected chi connectivity index (χ1v) is 13.9. The third kappa shape index (κ3) is 4.78. The summed E-state index contributed by atoms with van der Waals surface area (Å²) in [4.78, 5) is 29.4. The van der Waals surface area contributed by atoms with Gasteiger partial charge >= 0.3 is 5.97 Å². The summed E-state index contributed by atoms with van der Waals surface area (Å²) in [5.41, 5.74) is 1.96. The summed E-state index contributed by atoms with van der Waals surface area (Å²) in [6, 6.07) is 7.94. The van der Waals surface area contributed by atoms with Crippen molar-refractivity contribution in [3.8, 4) is 5.75 Å². The van der Waals surface area contributed by atoms with Crippen LogP contribution in [-0.4, -0.2) is 54.8 Å². The van der Waals surface area contributed by atoms with E-state index in [4.69, 9.17) is 9.47 Å². The van der Waals surface area contributed by atoms with Crippen molar-refractivity contribution < 1.29 is 24.2 Å². The predicted molar refractivity (Wildman–Crippen MR) is 140 cm³/mol. The minimum Gasteiger partial charge on any atom is -0.497 e. The van der Waals surface area contributed by atoms with Gasteiger partial charge in [0.15, 0.2) is 0 Å². The SMILES string of the molecule is COC(=O)c1c(NC(=O)CN2CC[C@]3(O)CCCC[C@@H]3[C@@H]2c2ccc(OC)cc2)sc2c1CCCC2. The van der Waals surface area contributed by atoms with Crippen LogP contribution in [0.4, 0.5) is 5.00 Å². The van der Waals surface area contributed by atoms with Crippen LogP contribution in [0.15, 0.2) is 24.3 Å². The van der Waals surface area contributed by atoms with Gasteiger partial charge in [-0.15, -0.1) is 11.3 Å². The molecule has 0 bridgehead atoms. The molecule has 7 nitrogen and oxygen atoms in total. The Labute approximate surface area is 216 Å². The van der Waals surface area contributed by atoms with Crippen LogP contribution in [-0.2, 0) is 22.4 Å². The van der Waals surface area contributed by atoms with Crippen molar-refractivity contribution in [3.63, 3.8) is 0 Å². The zero-order chi connectivity index (χ0) is 25.3. The number of aryl methyl sites for hydroxylation is 1. The Bertz CT molecular complexity index is 1110. The minimum absolute atomic E-state index is 0.0580. The Kier molecular flexibility index (Phi) is 7.37. The molecule has 2 aliphatic carbocycles. The predicted octanol–water partition coefficient (Wildman–Crippen LogP) is 4.73. The number of nitrogens with zero attached hydrogens (tertiary/aromatic N) is 1. The summed E-state index contributed by atoms with van der Waals surface area (Å²) in [6.07, 6.45) is 8.47. The van der Waals surface area contributed by atoms with Crippen LogP contribution >= 0.6 is 11.3 Å². The molecule has 2 heterocycles. The second kappa shape index (κ2) is 10.5. The highest BCUT2D eigenvalue weighted by molar-refractivity contribution is 7.17. The molecule has 3 aliphatic rings. The number of esters is 1. The van der Waals surface area contributed by atoms with Crippen LogP contribution in [0.25, 0.3) is 0 Å². The number of methoxy groups -OCH3 is 2. The number of ether oxygens (including phenoxy) is 2. The number of likely N-dealkylation sites (tertiary alicyclic amines) is 1. The summed E-state index contributed by atoms with van der Waals surface area (Å²) < 4.78 is 10.4. The molecule has 1 amide bonds. The van der Waals surface area contributed by atoms with Gasteiger partial charge in [0.25, 0.3) is 0 Å². The summed E-state index contributed by atoms with van der Waals surface area (Å²) >= 11 is 1.51. The maximum atomic E-state index is 13.4. The van der Waals surface area contributed by atoms with Gasteiger partial charge < -0.3 is 19.9 Å². The number of rotatable bonds is 6. The quantitative estimate of drug-likeness (QED) is 0.544. The minimum atomic E-state index is -0.694. The Hall–Kier alpha value is -2.42. The lowest BCUT2D eigenvalue weighted by Crippen LogP contribution is -2.56. The van der Waals surface area contributed by atoms with Gasteiger partial charge in [0, 0.05) is 23.4 Å². The second-order valence-electron chi connectivity index (χ2n) is 10.3. The molecule has 1 aliphatic heterocycles. The van der Waals surface area contributed by atoms with Crippen molar-refractivity contribution in [1.82, 2.24) is 4.90 Å². The van der Waals surface area contributed by atoms with Crippen LogP contribution in [0, 0.1) is 5.92 Å². The molecule has 1 aromatic heterocycles. The van der Waals surface area contributed by atoms with Crippen molar-refractivity contribution in [2.24, 2.45) is 5.92 Å². The molecule has 0 radical (unpaired) electrons. The zero-order valence-electron chi connectivity index (χ0n) is 21.2. The summed E-state index contributed by atoms with van der Waals surface area (Å²) in [5.74, 6) is 0.334. The van der Waals surface area contributed by atoms with Crippen LogP contribution in [0.2, 0.25) is 0 Å². The standard InChI is InChI=1S/C28H36N2O5S/c1-34-19-12-10-18(11-13-19)25-21-8-5-6-14-28(21,33)15-16-30(25)17-23(31)29-26-24(27(32)35-2)20-7-3-4-9-22(20)36-26/h10-13,21,25,33H,3-9,14-17H2,1-2H3,(H,29,31)/t21-,25+,28-/m1/s1. The van der Waals surface area contributed by atoms with Gasteiger partial charge in [0.05, 0.1) is 31.9 Å². The monoisotopic (exact) mass is 512 g/mol. The number of hydrogen-bond acceptors (Lipinski definition) is 7. The van der Waals surface area contributed by atoms with E-state index in [-0.39, 0.29) is 30.4 Å². The molecular formula is C28H36N2O5S. The molecule has 8 heteroatoms. The summed E-state index contributed by atoms with van der Waals surface area (Å²) in [7, 11) is 3.04. The molecule has 5 rings (SSSR count). The molecule has 36 heavy (non-hydrogen) atoms. The molecule has 194 valence electrons. The van der Waals surface area contributed by atoms with Crippen molar-refractivity contribution >= 4 is 28.2 Å². The molecule has 0 spiro atoms. The molecule has 2 fully saturated rings. The normalized spacial score (nSPS) is 26.0. The highest BCUT2D eigenvalue weighted by atomic mass is 32.1. The number of anilines is 1. The smallest absolute Gasteiger partial charge is 0.341 e. The topological polar surface area (TPSA) is 88.1 Å². The van der Waals surface area contributed by atoms with Gasteiger partial charge in [-0.1, -0.05) is 25.0 Å². The highest BCUT2D eigenvalue weighted by Crippen LogP contribution is 2.49. The van der Waals surface area contributed by atoms with Crippen LogP contribution < -0.4 is 10.1 Å². The number of fused-ring (bicyclic) bond motifs is 2. The lowest BCUT2D eigenvalue weighted by Gasteiger charge is -2.52. The summed E-state index contributed by atoms with van der Waals surface area (Å²) in [5, 5.41) is 15.2. The molecule has 1 aromatic carbocycles. The van der Waals surface area contributed by atoms with Gasteiger partial charge in [0.1, 0.15) is 10.8 Å². The van der Waals surface area contributed by atoms with Crippen LogP contribution in [0.3, 0.4) is 0 Å². The molecule has 2 aromatic rings. The summed E-state index contributed by atoms with van der Waals surface area (Å²) in [6.45, 7) is 0.842. The van der Waals surface area contributed by atoms with E-state index in [2.05, 4.69) is 22.3 Å². The van der Waals surface area contributed by atoms with E-state index in [9.17, 15) is 14.7 Å². The average Bonchev–Trinajstić information content (AvgIpc) is 3.26. The second-order valence-corrected chi connectivity index (χ2v) is 11.5. The lowest BCUT2D eigenvalue weighted by atomic mass is 9.66. The average molecular weight is 513 g/mol. The molecule has 0 unspecified atom stereocenters. The Morgan fingerprint density at radius 3 is 2.64 bits per heavy atom. The number of nitrogens with one attached hydrogen (secondary N) is 1. The fourth-order valence-corrected chi connectivity index (χ4v) is 7.78. The van der Waals surface area contributed by atoms with Crippen molar-refractivity contribution in [3.05, 3.63) is 45.8 Å². The van der Waals surface area contributed by atoms with E-state index < -0.39 is 5.60 Å². The Morgan fingerprint density at radius 1 is 1.11 bits per heavy atom. The van der Waals surface area contributed by atoms with E-state index in [0.717, 1.165) is 68.2 Å². The largest absolute Gasteiger partial charge is 0.497 e. The first kappa shape index (κ1) is 25.2. The lowest BCUT2D eigenvalue weighted by molar-refractivity contribution is -0.135. The number of hydrogen-bond donors (Lipinski definition) is 2. The van der Waals surface area contributed by atoms with E-state index in [1.54, 1.807) is 7.11 Å². The van der Waals surface area contributed by atoms with E-state index in [1.807, 2.05) is 12.1 Å². The van der Waals surface area contributed by atoms with E-state index in [0.29, 0.717) is 23.5 Å². The fraction of sp³-hybridized carbons (Fsp3) is 0.571.